The van der Waals surface area contributed by atoms with E-state index in [1.165, 1.54) is 0 Å². The van der Waals surface area contributed by atoms with Crippen LogP contribution in [0.2, 0.25) is 5.02 Å². The molecular formula is C18H20ClNO3. The SMILES string of the molecule is CCc1ccccc1OC(C)C(=O)Nc1ccc(OC)c(Cl)c1. The Labute approximate surface area is 141 Å². The molecule has 0 aliphatic rings. The van der Waals surface area contributed by atoms with Gasteiger partial charge in [0, 0.05) is 5.69 Å². The quantitative estimate of drug-likeness (QED) is 0.856. The van der Waals surface area contributed by atoms with Crippen LogP contribution in [0.25, 0.3) is 0 Å². The van der Waals surface area contributed by atoms with Crippen LogP contribution in [-0.2, 0) is 11.2 Å². The summed E-state index contributed by atoms with van der Waals surface area (Å²) in [7, 11) is 1.54. The van der Waals surface area contributed by atoms with E-state index < -0.39 is 6.10 Å². The molecule has 122 valence electrons. The van der Waals surface area contributed by atoms with Crippen LogP contribution < -0.4 is 14.8 Å². The van der Waals surface area contributed by atoms with E-state index >= 15 is 0 Å². The number of hydrogen-bond donors (Lipinski definition) is 1. The monoisotopic (exact) mass is 333 g/mol. The Hall–Kier alpha value is -2.20. The predicted molar refractivity (Wildman–Crippen MR) is 92.5 cm³/mol. The number of para-hydroxylation sites is 1. The normalized spacial score (nSPS) is 11.7. The summed E-state index contributed by atoms with van der Waals surface area (Å²) in [6.45, 7) is 3.76. The highest BCUT2D eigenvalue weighted by Gasteiger charge is 2.16. The van der Waals surface area contributed by atoms with Gasteiger partial charge in [-0.25, -0.2) is 0 Å². The standard InChI is InChI=1S/C18H20ClNO3/c1-4-13-7-5-6-8-16(13)23-12(2)18(21)20-14-9-10-17(22-3)15(19)11-14/h5-12H,4H2,1-3H3,(H,20,21). The molecule has 23 heavy (non-hydrogen) atoms. The zero-order chi connectivity index (χ0) is 16.8. The molecule has 1 N–H and O–H groups in total. The molecule has 4 nitrogen and oxygen atoms in total. The van der Waals surface area contributed by atoms with Crippen LogP contribution in [0.1, 0.15) is 19.4 Å². The van der Waals surface area contributed by atoms with Gasteiger partial charge in [-0.2, -0.15) is 0 Å². The number of rotatable bonds is 6. The van der Waals surface area contributed by atoms with Gasteiger partial charge in [0.25, 0.3) is 5.91 Å². The fraction of sp³-hybridized carbons (Fsp3) is 0.278. The maximum atomic E-state index is 12.3. The third kappa shape index (κ3) is 4.39. The van der Waals surface area contributed by atoms with Crippen molar-refractivity contribution in [3.63, 3.8) is 0 Å². The van der Waals surface area contributed by atoms with E-state index in [1.54, 1.807) is 32.2 Å². The molecule has 0 saturated carbocycles. The third-order valence-electron chi connectivity index (χ3n) is 3.45. The molecule has 0 bridgehead atoms. The molecule has 5 heteroatoms. The molecular weight excluding hydrogens is 314 g/mol. The molecule has 2 aromatic rings. The first-order chi connectivity index (χ1) is 11.0. The lowest BCUT2D eigenvalue weighted by Gasteiger charge is -2.17. The van der Waals surface area contributed by atoms with E-state index in [4.69, 9.17) is 21.1 Å². The van der Waals surface area contributed by atoms with Crippen molar-refractivity contribution >= 4 is 23.2 Å². The molecule has 2 rings (SSSR count). The molecule has 1 unspecified atom stereocenters. The molecule has 0 fully saturated rings. The van der Waals surface area contributed by atoms with Gasteiger partial charge in [-0.15, -0.1) is 0 Å². The number of aryl methyl sites for hydroxylation is 1. The van der Waals surface area contributed by atoms with Gasteiger partial charge < -0.3 is 14.8 Å². The third-order valence-corrected chi connectivity index (χ3v) is 3.74. The highest BCUT2D eigenvalue weighted by atomic mass is 35.5. The largest absolute Gasteiger partial charge is 0.495 e. The van der Waals surface area contributed by atoms with Gasteiger partial charge in [0.15, 0.2) is 6.10 Å². The van der Waals surface area contributed by atoms with E-state index in [0.29, 0.717) is 16.5 Å². The second-order valence-corrected chi connectivity index (χ2v) is 5.47. The lowest BCUT2D eigenvalue weighted by Crippen LogP contribution is -2.30. The summed E-state index contributed by atoms with van der Waals surface area (Å²) in [5.74, 6) is 1.05. The minimum atomic E-state index is -0.622. The van der Waals surface area contributed by atoms with E-state index in [2.05, 4.69) is 5.32 Å². The topological polar surface area (TPSA) is 47.6 Å². The smallest absolute Gasteiger partial charge is 0.265 e. The molecule has 0 radical (unpaired) electrons. The number of carbonyl (C=O) groups is 1. The van der Waals surface area contributed by atoms with Gasteiger partial charge in [-0.3, -0.25) is 4.79 Å². The van der Waals surface area contributed by atoms with E-state index in [-0.39, 0.29) is 5.91 Å². The zero-order valence-electron chi connectivity index (χ0n) is 13.4. The van der Waals surface area contributed by atoms with Gasteiger partial charge in [-0.1, -0.05) is 36.7 Å². The van der Waals surface area contributed by atoms with Gasteiger partial charge in [0.05, 0.1) is 12.1 Å². The van der Waals surface area contributed by atoms with Crippen LogP contribution in [0.5, 0.6) is 11.5 Å². The summed E-state index contributed by atoms with van der Waals surface area (Å²) in [4.78, 5) is 12.3. The summed E-state index contributed by atoms with van der Waals surface area (Å²) >= 11 is 6.05. The van der Waals surface area contributed by atoms with Crippen molar-refractivity contribution in [1.29, 1.82) is 0 Å². The van der Waals surface area contributed by atoms with Gasteiger partial charge in [-0.05, 0) is 43.2 Å². The number of methoxy groups -OCH3 is 1. The average Bonchev–Trinajstić information content (AvgIpc) is 2.55. The van der Waals surface area contributed by atoms with Crippen molar-refractivity contribution in [3.8, 4) is 11.5 Å². The van der Waals surface area contributed by atoms with Crippen LogP contribution in [0.3, 0.4) is 0 Å². The van der Waals surface area contributed by atoms with Crippen LogP contribution in [0, 0.1) is 0 Å². The maximum absolute atomic E-state index is 12.3. The summed E-state index contributed by atoms with van der Waals surface area (Å²) in [5.41, 5.74) is 1.67. The molecule has 0 heterocycles. The first-order valence-electron chi connectivity index (χ1n) is 7.44. The van der Waals surface area contributed by atoms with E-state index in [1.807, 2.05) is 31.2 Å². The van der Waals surface area contributed by atoms with Crippen LogP contribution >= 0.6 is 11.6 Å². The summed E-state index contributed by atoms with van der Waals surface area (Å²) in [5, 5.41) is 3.23. The predicted octanol–water partition coefficient (Wildman–Crippen LogP) is 4.32. The number of hydrogen-bond acceptors (Lipinski definition) is 3. The molecule has 0 aliphatic heterocycles. The number of anilines is 1. The number of nitrogens with one attached hydrogen (secondary N) is 1. The number of ether oxygens (including phenoxy) is 2. The highest BCUT2D eigenvalue weighted by Crippen LogP contribution is 2.27. The molecule has 0 aromatic heterocycles. The van der Waals surface area contributed by atoms with Crippen molar-refractivity contribution < 1.29 is 14.3 Å². The number of carbonyl (C=O) groups excluding carboxylic acids is 1. The number of benzene rings is 2. The molecule has 2 aromatic carbocycles. The first-order valence-corrected chi connectivity index (χ1v) is 7.82. The lowest BCUT2D eigenvalue weighted by atomic mass is 10.1. The fourth-order valence-electron chi connectivity index (χ4n) is 2.14. The minimum Gasteiger partial charge on any atom is -0.495 e. The molecule has 0 aliphatic carbocycles. The van der Waals surface area contributed by atoms with Crippen molar-refractivity contribution in [3.05, 3.63) is 53.1 Å². The molecule has 1 atom stereocenters. The zero-order valence-corrected chi connectivity index (χ0v) is 14.2. The highest BCUT2D eigenvalue weighted by molar-refractivity contribution is 6.32. The van der Waals surface area contributed by atoms with Gasteiger partial charge in [0.1, 0.15) is 11.5 Å². The Bertz CT molecular complexity index is 688. The van der Waals surface area contributed by atoms with Crippen molar-refractivity contribution in [1.82, 2.24) is 0 Å². The summed E-state index contributed by atoms with van der Waals surface area (Å²) in [6.07, 6.45) is 0.224. The van der Waals surface area contributed by atoms with Gasteiger partial charge in [0.2, 0.25) is 0 Å². The maximum Gasteiger partial charge on any atom is 0.265 e. The Morgan fingerprint density at radius 1 is 1.22 bits per heavy atom. The second kappa shape index (κ2) is 7.88. The minimum absolute atomic E-state index is 0.239. The molecule has 1 amide bonds. The fourth-order valence-corrected chi connectivity index (χ4v) is 2.40. The Balaban J connectivity index is 2.04. The number of amides is 1. The van der Waals surface area contributed by atoms with Gasteiger partial charge >= 0.3 is 0 Å². The van der Waals surface area contributed by atoms with Crippen molar-refractivity contribution in [2.75, 3.05) is 12.4 Å². The van der Waals surface area contributed by atoms with Crippen LogP contribution in [0.15, 0.2) is 42.5 Å². The second-order valence-electron chi connectivity index (χ2n) is 5.06. The molecule has 0 spiro atoms. The molecule has 0 saturated heterocycles. The van der Waals surface area contributed by atoms with Crippen molar-refractivity contribution in [2.24, 2.45) is 0 Å². The van der Waals surface area contributed by atoms with Crippen LogP contribution in [0.4, 0.5) is 5.69 Å². The Morgan fingerprint density at radius 3 is 2.61 bits per heavy atom. The summed E-state index contributed by atoms with van der Waals surface area (Å²) < 4.78 is 10.9. The lowest BCUT2D eigenvalue weighted by molar-refractivity contribution is -0.122. The Kier molecular flexibility index (Phi) is 5.88. The van der Waals surface area contributed by atoms with E-state index in [9.17, 15) is 4.79 Å². The number of halogens is 1. The first kappa shape index (κ1) is 17.2. The van der Waals surface area contributed by atoms with E-state index in [0.717, 1.165) is 17.7 Å². The summed E-state index contributed by atoms with van der Waals surface area (Å²) in [6, 6.07) is 12.8. The van der Waals surface area contributed by atoms with Crippen molar-refractivity contribution in [2.45, 2.75) is 26.4 Å². The Morgan fingerprint density at radius 2 is 1.96 bits per heavy atom. The van der Waals surface area contributed by atoms with Crippen LogP contribution in [-0.4, -0.2) is 19.1 Å². The average molecular weight is 334 g/mol.